The molecule has 0 aliphatic carbocycles. The van der Waals surface area contributed by atoms with Crippen LogP contribution in [-0.4, -0.2) is 29.7 Å². The second-order valence-electron chi connectivity index (χ2n) is 5.85. The van der Waals surface area contributed by atoms with Crippen molar-refractivity contribution in [2.24, 2.45) is 0 Å². The summed E-state index contributed by atoms with van der Waals surface area (Å²) in [6.45, 7) is 0.220. The van der Waals surface area contributed by atoms with Gasteiger partial charge in [-0.05, 0) is 29.8 Å². The molecule has 0 unspecified atom stereocenters. The average molecular weight is 369 g/mol. The Hall–Kier alpha value is -3.35. The van der Waals surface area contributed by atoms with Crippen molar-refractivity contribution in [1.29, 1.82) is 0 Å². The molecule has 0 spiro atoms. The lowest BCUT2D eigenvalue weighted by Gasteiger charge is -2.13. The molecule has 1 N–H and O–H groups in total. The molecule has 3 rings (SSSR count). The minimum absolute atomic E-state index is 0.1000. The fourth-order valence-electron chi connectivity index (χ4n) is 2.80. The summed E-state index contributed by atoms with van der Waals surface area (Å²) in [6, 6.07) is 10.2. The summed E-state index contributed by atoms with van der Waals surface area (Å²) < 4.78 is 26.5. The second kappa shape index (κ2) is 8.35. The summed E-state index contributed by atoms with van der Waals surface area (Å²) in [5.41, 5.74) is 1.74. The fourth-order valence-corrected chi connectivity index (χ4v) is 2.80. The minimum Gasteiger partial charge on any atom is -0.496 e. The molecule has 0 bridgehead atoms. The first kappa shape index (κ1) is 18.4. The zero-order valence-electron chi connectivity index (χ0n) is 15.1. The number of methoxy groups -OCH3 is 2. The maximum atomic E-state index is 14.3. The molecule has 0 saturated heterocycles. The van der Waals surface area contributed by atoms with Crippen LogP contribution >= 0.6 is 0 Å². The number of hydrogen-bond acceptors (Lipinski definition) is 4. The van der Waals surface area contributed by atoms with Crippen LogP contribution < -0.4 is 14.8 Å². The molecule has 2 aromatic carbocycles. The van der Waals surface area contributed by atoms with E-state index in [0.29, 0.717) is 28.3 Å². The van der Waals surface area contributed by atoms with Gasteiger partial charge in [-0.15, -0.1) is 0 Å². The van der Waals surface area contributed by atoms with Crippen molar-refractivity contribution in [3.8, 4) is 17.2 Å². The Labute approximate surface area is 156 Å². The molecule has 3 aromatic rings. The summed E-state index contributed by atoms with van der Waals surface area (Å²) >= 11 is 0. The normalized spacial score (nSPS) is 10.5. The third-order valence-electron chi connectivity index (χ3n) is 4.15. The Kier molecular flexibility index (Phi) is 5.71. The number of carbonyl (C=O) groups is 1. The molecule has 27 heavy (non-hydrogen) atoms. The number of nitrogens with one attached hydrogen (secondary N) is 1. The van der Waals surface area contributed by atoms with Crippen molar-refractivity contribution in [2.45, 2.75) is 13.0 Å². The van der Waals surface area contributed by atoms with Crippen molar-refractivity contribution < 1.29 is 18.7 Å². The predicted octanol–water partition coefficient (Wildman–Crippen LogP) is 2.89. The van der Waals surface area contributed by atoms with Crippen LogP contribution in [-0.2, 0) is 17.8 Å². The maximum Gasteiger partial charge on any atom is 0.224 e. The van der Waals surface area contributed by atoms with Gasteiger partial charge in [0.1, 0.15) is 17.3 Å². The van der Waals surface area contributed by atoms with Crippen molar-refractivity contribution in [2.75, 3.05) is 14.2 Å². The highest BCUT2D eigenvalue weighted by molar-refractivity contribution is 5.80. The van der Waals surface area contributed by atoms with Gasteiger partial charge in [0.25, 0.3) is 0 Å². The fraction of sp³-hybridized carbons (Fsp3) is 0.200. The number of benzene rings is 2. The van der Waals surface area contributed by atoms with Crippen LogP contribution in [0.1, 0.15) is 11.1 Å². The topological polar surface area (TPSA) is 65.4 Å². The number of amides is 1. The lowest BCUT2D eigenvalue weighted by Crippen LogP contribution is -2.25. The zero-order valence-corrected chi connectivity index (χ0v) is 15.1. The van der Waals surface area contributed by atoms with E-state index in [1.54, 1.807) is 61.5 Å². The number of rotatable bonds is 7. The van der Waals surface area contributed by atoms with E-state index in [0.717, 1.165) is 0 Å². The van der Waals surface area contributed by atoms with Crippen LogP contribution in [0.3, 0.4) is 0 Å². The average Bonchev–Trinajstić information content (AvgIpc) is 3.21. The highest BCUT2D eigenvalue weighted by Crippen LogP contribution is 2.28. The summed E-state index contributed by atoms with van der Waals surface area (Å²) in [6.07, 6.45) is 4.88. The zero-order chi connectivity index (χ0) is 19.2. The van der Waals surface area contributed by atoms with E-state index < -0.39 is 0 Å². The largest absolute Gasteiger partial charge is 0.496 e. The quantitative estimate of drug-likeness (QED) is 0.696. The molecule has 6 nitrogen and oxygen atoms in total. The lowest BCUT2D eigenvalue weighted by molar-refractivity contribution is -0.120. The first-order valence-corrected chi connectivity index (χ1v) is 8.35. The highest BCUT2D eigenvalue weighted by Gasteiger charge is 2.14. The molecule has 1 heterocycles. The Balaban J connectivity index is 1.66. The molecule has 0 saturated carbocycles. The van der Waals surface area contributed by atoms with Crippen molar-refractivity contribution in [1.82, 2.24) is 14.9 Å². The van der Waals surface area contributed by atoms with Gasteiger partial charge in [0.2, 0.25) is 5.91 Å². The number of hydrogen-bond donors (Lipinski definition) is 1. The van der Waals surface area contributed by atoms with Crippen LogP contribution in [0, 0.1) is 5.82 Å². The third-order valence-corrected chi connectivity index (χ3v) is 4.15. The Morgan fingerprint density at radius 2 is 1.93 bits per heavy atom. The Morgan fingerprint density at radius 3 is 2.52 bits per heavy atom. The van der Waals surface area contributed by atoms with Crippen LogP contribution in [0.15, 0.2) is 55.1 Å². The van der Waals surface area contributed by atoms with E-state index in [-0.39, 0.29) is 24.7 Å². The molecular weight excluding hydrogens is 349 g/mol. The van der Waals surface area contributed by atoms with E-state index in [1.165, 1.54) is 12.4 Å². The van der Waals surface area contributed by atoms with Crippen LogP contribution in [0.4, 0.5) is 4.39 Å². The monoisotopic (exact) mass is 369 g/mol. The van der Waals surface area contributed by atoms with E-state index in [4.69, 9.17) is 9.47 Å². The molecule has 0 radical (unpaired) electrons. The molecule has 140 valence electrons. The van der Waals surface area contributed by atoms with Gasteiger partial charge >= 0.3 is 0 Å². The van der Waals surface area contributed by atoms with Crippen molar-refractivity contribution in [3.63, 3.8) is 0 Å². The van der Waals surface area contributed by atoms with Gasteiger partial charge < -0.3 is 19.4 Å². The molecule has 0 fully saturated rings. The summed E-state index contributed by atoms with van der Waals surface area (Å²) in [5, 5.41) is 2.80. The van der Waals surface area contributed by atoms with Gasteiger partial charge in [0.05, 0.1) is 32.7 Å². The van der Waals surface area contributed by atoms with E-state index >= 15 is 0 Å². The smallest absolute Gasteiger partial charge is 0.224 e. The minimum atomic E-state index is -0.383. The molecule has 7 heteroatoms. The number of nitrogens with zero attached hydrogens (tertiary/aromatic N) is 2. The summed E-state index contributed by atoms with van der Waals surface area (Å²) in [7, 11) is 3.08. The van der Waals surface area contributed by atoms with Crippen molar-refractivity contribution >= 4 is 5.91 Å². The number of imidazole rings is 1. The second-order valence-corrected chi connectivity index (χ2v) is 5.85. The number of carbonyl (C=O) groups excluding carboxylic acids is 1. The predicted molar refractivity (Wildman–Crippen MR) is 98.6 cm³/mol. The number of aromatic nitrogens is 2. The van der Waals surface area contributed by atoms with Crippen LogP contribution in [0.25, 0.3) is 5.69 Å². The molecule has 1 aromatic heterocycles. The molecule has 0 aliphatic heterocycles. The third kappa shape index (κ3) is 4.25. The highest BCUT2D eigenvalue weighted by atomic mass is 19.1. The maximum absolute atomic E-state index is 14.3. The van der Waals surface area contributed by atoms with E-state index in [1.807, 2.05) is 0 Å². The molecular formula is C20H20FN3O3. The first-order chi connectivity index (χ1) is 13.1. The van der Waals surface area contributed by atoms with Crippen LogP contribution in [0.5, 0.6) is 11.5 Å². The molecule has 0 aliphatic rings. The van der Waals surface area contributed by atoms with Gasteiger partial charge in [-0.1, -0.05) is 12.1 Å². The number of ether oxygens (including phenoxy) is 2. The SMILES string of the molecule is COc1cccc(OC)c1CC(=O)NCc1ccc(-n2ccnc2)c(F)c1. The van der Waals surface area contributed by atoms with Gasteiger partial charge in [-0.25, -0.2) is 9.37 Å². The first-order valence-electron chi connectivity index (χ1n) is 8.35. The van der Waals surface area contributed by atoms with Crippen molar-refractivity contribution in [3.05, 3.63) is 72.1 Å². The van der Waals surface area contributed by atoms with E-state index in [2.05, 4.69) is 10.3 Å². The number of halogens is 1. The van der Waals surface area contributed by atoms with E-state index in [9.17, 15) is 9.18 Å². The Morgan fingerprint density at radius 1 is 1.19 bits per heavy atom. The standard InChI is InChI=1S/C20H20FN3O3/c1-26-18-4-3-5-19(27-2)15(18)11-20(25)23-12-14-6-7-17(16(21)10-14)24-9-8-22-13-24/h3-10,13H,11-12H2,1-2H3,(H,23,25). The molecule has 0 atom stereocenters. The molecule has 1 amide bonds. The lowest BCUT2D eigenvalue weighted by atomic mass is 10.1. The van der Waals surface area contributed by atoms with Crippen LogP contribution in [0.2, 0.25) is 0 Å². The van der Waals surface area contributed by atoms with Gasteiger partial charge in [-0.2, -0.15) is 0 Å². The Bertz CT molecular complexity index is 904. The van der Waals surface area contributed by atoms with Gasteiger partial charge in [0, 0.05) is 24.5 Å². The van der Waals surface area contributed by atoms with Gasteiger partial charge in [-0.3, -0.25) is 4.79 Å². The van der Waals surface area contributed by atoms with Gasteiger partial charge in [0.15, 0.2) is 0 Å². The summed E-state index contributed by atoms with van der Waals surface area (Å²) in [4.78, 5) is 16.2. The summed E-state index contributed by atoms with van der Waals surface area (Å²) in [5.74, 6) is 0.573.